The van der Waals surface area contributed by atoms with Crippen molar-refractivity contribution in [3.8, 4) is 0 Å². The molecule has 0 atom stereocenters. The van der Waals surface area contributed by atoms with Crippen LogP contribution in [0.3, 0.4) is 0 Å². The highest BCUT2D eigenvalue weighted by molar-refractivity contribution is 7.99. The third-order valence-electron chi connectivity index (χ3n) is 2.78. The summed E-state index contributed by atoms with van der Waals surface area (Å²) in [5, 5.41) is 11.2. The van der Waals surface area contributed by atoms with Crippen molar-refractivity contribution >= 4 is 39.3 Å². The smallest absolute Gasteiger partial charge is 0.353 e. The molecule has 1 aromatic carbocycles. The maximum absolute atomic E-state index is 11.3. The van der Waals surface area contributed by atoms with Crippen LogP contribution in [0.4, 0.5) is 0 Å². The largest absolute Gasteiger partial charge is 0.477 e. The van der Waals surface area contributed by atoms with E-state index in [0.717, 1.165) is 20.0 Å². The lowest BCUT2D eigenvalue weighted by atomic mass is 10.2. The Morgan fingerprint density at radius 2 is 2.21 bits per heavy atom. The molecule has 0 spiro atoms. The Morgan fingerprint density at radius 1 is 1.37 bits per heavy atom. The Bertz CT molecular complexity index is 758. The van der Waals surface area contributed by atoms with Gasteiger partial charge < -0.3 is 10.1 Å². The highest BCUT2D eigenvalue weighted by atomic mass is 32.2. The minimum absolute atomic E-state index is 0.272. The fraction of sp³-hybridized carbons (Fsp3) is 0.0714. The monoisotopic (exact) mass is 289 g/mol. The van der Waals surface area contributed by atoms with Crippen LogP contribution in [0.25, 0.3) is 10.2 Å². The first-order chi connectivity index (χ1) is 9.15. The second kappa shape index (κ2) is 4.75. The number of carboxylic acids is 1. The van der Waals surface area contributed by atoms with Gasteiger partial charge in [-0.2, -0.15) is 0 Å². The van der Waals surface area contributed by atoms with Crippen LogP contribution in [0.5, 0.6) is 0 Å². The summed E-state index contributed by atoms with van der Waals surface area (Å²) in [6.07, 6.45) is 0. The fourth-order valence-electron chi connectivity index (χ4n) is 1.93. The first-order valence-electron chi connectivity index (χ1n) is 5.72. The summed E-state index contributed by atoms with van der Waals surface area (Å²) >= 11 is 3.06. The van der Waals surface area contributed by atoms with Crippen LogP contribution in [-0.2, 0) is 0 Å². The standard InChI is InChI=1S/C14H11NO2S2/c1-8-3-2-4-9(7-8)19-13-11(14(16)17)15-10-5-6-18-12(10)13/h2-7,15H,1H3,(H,16,17). The molecule has 0 aliphatic rings. The molecule has 0 aliphatic heterocycles. The molecular weight excluding hydrogens is 278 g/mol. The molecule has 2 N–H and O–H groups in total. The minimum atomic E-state index is -0.918. The van der Waals surface area contributed by atoms with Crippen LogP contribution in [0, 0.1) is 6.92 Å². The number of hydrogen-bond donors (Lipinski definition) is 2. The second-order valence-corrected chi connectivity index (χ2v) is 6.22. The molecule has 3 nitrogen and oxygen atoms in total. The number of aromatic carboxylic acids is 1. The van der Waals surface area contributed by atoms with Gasteiger partial charge in [-0.3, -0.25) is 0 Å². The number of aryl methyl sites for hydroxylation is 1. The van der Waals surface area contributed by atoms with Gasteiger partial charge in [0, 0.05) is 4.90 Å². The summed E-state index contributed by atoms with van der Waals surface area (Å²) < 4.78 is 1.00. The van der Waals surface area contributed by atoms with E-state index in [-0.39, 0.29) is 5.69 Å². The van der Waals surface area contributed by atoms with Crippen LogP contribution in [-0.4, -0.2) is 16.1 Å². The number of aromatic nitrogens is 1. The Kier molecular flexibility index (Phi) is 3.08. The van der Waals surface area contributed by atoms with Crippen LogP contribution in [0.1, 0.15) is 16.1 Å². The number of thiophene rings is 1. The molecular formula is C14H11NO2S2. The molecule has 0 radical (unpaired) electrons. The van der Waals surface area contributed by atoms with E-state index in [1.165, 1.54) is 17.3 Å². The Morgan fingerprint density at radius 3 is 2.95 bits per heavy atom. The molecule has 3 rings (SSSR count). The molecule has 5 heteroatoms. The van der Waals surface area contributed by atoms with Crippen molar-refractivity contribution in [2.75, 3.05) is 0 Å². The van der Waals surface area contributed by atoms with E-state index in [0.29, 0.717) is 0 Å². The summed E-state index contributed by atoms with van der Waals surface area (Å²) in [5.74, 6) is -0.918. The predicted molar refractivity (Wildman–Crippen MR) is 78.4 cm³/mol. The summed E-state index contributed by atoms with van der Waals surface area (Å²) in [6, 6.07) is 9.97. The number of aromatic amines is 1. The Balaban J connectivity index is 2.10. The van der Waals surface area contributed by atoms with Crippen molar-refractivity contribution in [2.24, 2.45) is 0 Å². The Labute approximate surface area is 118 Å². The fourth-order valence-corrected chi connectivity index (χ4v) is 4.07. The zero-order valence-corrected chi connectivity index (χ0v) is 11.8. The molecule has 0 unspecified atom stereocenters. The average Bonchev–Trinajstić information content (AvgIpc) is 2.92. The van der Waals surface area contributed by atoms with E-state index in [1.54, 1.807) is 11.3 Å². The third-order valence-corrected chi connectivity index (χ3v) is 4.94. The van der Waals surface area contributed by atoms with Gasteiger partial charge in [-0.15, -0.1) is 11.3 Å². The number of H-pyrrole nitrogens is 1. The van der Waals surface area contributed by atoms with Crippen molar-refractivity contribution in [3.05, 3.63) is 47.0 Å². The number of fused-ring (bicyclic) bond motifs is 1. The van der Waals surface area contributed by atoms with Crippen LogP contribution < -0.4 is 0 Å². The molecule has 2 heterocycles. The van der Waals surface area contributed by atoms with E-state index in [4.69, 9.17) is 0 Å². The minimum Gasteiger partial charge on any atom is -0.477 e. The van der Waals surface area contributed by atoms with Gasteiger partial charge >= 0.3 is 5.97 Å². The van der Waals surface area contributed by atoms with E-state index in [2.05, 4.69) is 11.1 Å². The highest BCUT2D eigenvalue weighted by Gasteiger charge is 2.18. The number of carboxylic acid groups (broad SMARTS) is 1. The zero-order valence-electron chi connectivity index (χ0n) is 10.1. The molecule has 0 saturated carbocycles. The quantitative estimate of drug-likeness (QED) is 0.752. The van der Waals surface area contributed by atoms with Gasteiger partial charge in [0.05, 0.1) is 15.1 Å². The van der Waals surface area contributed by atoms with E-state index in [1.807, 2.05) is 36.6 Å². The van der Waals surface area contributed by atoms with Gasteiger partial charge in [0.1, 0.15) is 5.69 Å². The lowest BCUT2D eigenvalue weighted by Crippen LogP contribution is -1.97. The topological polar surface area (TPSA) is 53.1 Å². The summed E-state index contributed by atoms with van der Waals surface area (Å²) in [6.45, 7) is 2.03. The first-order valence-corrected chi connectivity index (χ1v) is 7.42. The molecule has 0 bridgehead atoms. The lowest BCUT2D eigenvalue weighted by Gasteiger charge is -2.02. The molecule has 3 aromatic rings. The average molecular weight is 289 g/mol. The van der Waals surface area contributed by atoms with Gasteiger partial charge in [0.2, 0.25) is 0 Å². The van der Waals surface area contributed by atoms with Crippen LogP contribution in [0.15, 0.2) is 45.5 Å². The van der Waals surface area contributed by atoms with E-state index in [9.17, 15) is 9.90 Å². The predicted octanol–water partition coefficient (Wildman–Crippen LogP) is 4.39. The van der Waals surface area contributed by atoms with Gasteiger partial charge in [-0.1, -0.05) is 29.5 Å². The van der Waals surface area contributed by atoms with Gasteiger partial charge in [0.25, 0.3) is 0 Å². The second-order valence-electron chi connectivity index (χ2n) is 4.22. The zero-order chi connectivity index (χ0) is 13.4. The number of benzene rings is 1. The van der Waals surface area contributed by atoms with E-state index < -0.39 is 5.97 Å². The van der Waals surface area contributed by atoms with Crippen molar-refractivity contribution in [2.45, 2.75) is 16.7 Å². The van der Waals surface area contributed by atoms with Crippen LogP contribution >= 0.6 is 23.1 Å². The molecule has 0 amide bonds. The van der Waals surface area contributed by atoms with Gasteiger partial charge in [-0.25, -0.2) is 4.79 Å². The van der Waals surface area contributed by atoms with E-state index >= 15 is 0 Å². The summed E-state index contributed by atoms with van der Waals surface area (Å²) in [5.41, 5.74) is 2.32. The van der Waals surface area contributed by atoms with Crippen molar-refractivity contribution in [1.82, 2.24) is 4.98 Å². The van der Waals surface area contributed by atoms with Crippen LogP contribution in [0.2, 0.25) is 0 Å². The van der Waals surface area contributed by atoms with Crippen molar-refractivity contribution < 1.29 is 9.90 Å². The third kappa shape index (κ3) is 2.27. The molecule has 0 aliphatic carbocycles. The summed E-state index contributed by atoms with van der Waals surface area (Å²) in [4.78, 5) is 16.1. The summed E-state index contributed by atoms with van der Waals surface area (Å²) in [7, 11) is 0. The van der Waals surface area contributed by atoms with Crippen molar-refractivity contribution in [1.29, 1.82) is 0 Å². The first kappa shape index (κ1) is 12.3. The molecule has 0 saturated heterocycles. The number of carbonyl (C=O) groups is 1. The SMILES string of the molecule is Cc1cccc(Sc2c(C(=O)O)[nH]c3ccsc23)c1. The number of nitrogens with one attached hydrogen (secondary N) is 1. The molecule has 96 valence electrons. The maximum Gasteiger partial charge on any atom is 0.353 e. The highest BCUT2D eigenvalue weighted by Crippen LogP contribution is 2.39. The van der Waals surface area contributed by atoms with Crippen molar-refractivity contribution in [3.63, 3.8) is 0 Å². The molecule has 0 fully saturated rings. The maximum atomic E-state index is 11.3. The van der Waals surface area contributed by atoms with Gasteiger partial charge in [-0.05, 0) is 30.5 Å². The van der Waals surface area contributed by atoms with Gasteiger partial charge in [0.15, 0.2) is 0 Å². The number of rotatable bonds is 3. The lowest BCUT2D eigenvalue weighted by molar-refractivity contribution is 0.0688. The number of hydrogen-bond acceptors (Lipinski definition) is 3. The Hall–Kier alpha value is -1.72. The molecule has 19 heavy (non-hydrogen) atoms. The normalized spacial score (nSPS) is 11.0. The molecule has 2 aromatic heterocycles.